The average Bonchev–Trinajstić information content (AvgIpc) is 2.05. The Hall–Kier alpha value is -0.550. The minimum atomic E-state index is -2.91. The highest BCUT2D eigenvalue weighted by Gasteiger charge is 2.50. The zero-order valence-corrected chi connectivity index (χ0v) is 7.60. The molecule has 0 aliphatic heterocycles. The van der Waals surface area contributed by atoms with Crippen molar-refractivity contribution in [2.75, 3.05) is 14.2 Å². The van der Waals surface area contributed by atoms with E-state index in [1.807, 2.05) is 0 Å². The number of Topliss-reactive ketones (excluding diaryl/α,β-unsaturated/α-hetero) is 1. The lowest BCUT2D eigenvalue weighted by molar-refractivity contribution is -0.230. The largest absolute Gasteiger partial charge is 0.347 e. The Morgan fingerprint density at radius 1 is 1.23 bits per heavy atom. The minimum Gasteiger partial charge on any atom is -0.347 e. The highest BCUT2D eigenvalue weighted by molar-refractivity contribution is 5.87. The smallest absolute Gasteiger partial charge is 0.255 e. The maximum absolute atomic E-state index is 12.7. The van der Waals surface area contributed by atoms with Gasteiger partial charge in [0, 0.05) is 27.1 Å². The molecule has 0 unspecified atom stereocenters. The van der Waals surface area contributed by atoms with Crippen LogP contribution >= 0.6 is 0 Å². The Kier molecular flexibility index (Phi) is 2.68. The molecule has 0 saturated heterocycles. The van der Waals surface area contributed by atoms with Gasteiger partial charge in [-0.25, -0.2) is 8.78 Å². The van der Waals surface area contributed by atoms with Crippen LogP contribution in [-0.2, 0) is 14.3 Å². The maximum Gasteiger partial charge on any atom is 0.255 e. The number of rotatable bonds is 2. The molecule has 13 heavy (non-hydrogen) atoms. The second kappa shape index (κ2) is 3.31. The predicted molar refractivity (Wildman–Crippen MR) is 40.6 cm³/mol. The Labute approximate surface area is 75.0 Å². The van der Waals surface area contributed by atoms with Gasteiger partial charge >= 0.3 is 0 Å². The van der Waals surface area contributed by atoms with E-state index in [0.29, 0.717) is 0 Å². The van der Waals surface area contributed by atoms with Crippen LogP contribution in [0.15, 0.2) is 0 Å². The molecule has 76 valence electrons. The highest BCUT2D eigenvalue weighted by atomic mass is 19.3. The highest BCUT2D eigenvalue weighted by Crippen LogP contribution is 2.37. The van der Waals surface area contributed by atoms with Gasteiger partial charge in [0.05, 0.1) is 6.42 Å². The summed E-state index contributed by atoms with van der Waals surface area (Å²) in [7, 11) is 2.57. The number of ether oxygens (including phenoxy) is 2. The second-order valence-corrected chi connectivity index (χ2v) is 3.12. The molecule has 1 aliphatic carbocycles. The molecule has 0 aromatic heterocycles. The van der Waals surface area contributed by atoms with Crippen molar-refractivity contribution in [1.29, 1.82) is 0 Å². The molecule has 0 radical (unpaired) electrons. The van der Waals surface area contributed by atoms with E-state index in [4.69, 9.17) is 9.47 Å². The van der Waals surface area contributed by atoms with Crippen LogP contribution in [0.5, 0.6) is 0 Å². The van der Waals surface area contributed by atoms with E-state index in [9.17, 15) is 13.6 Å². The van der Waals surface area contributed by atoms with Gasteiger partial charge in [-0.15, -0.1) is 0 Å². The summed E-state index contributed by atoms with van der Waals surface area (Å²) in [4.78, 5) is 11.3. The molecule has 5 heteroatoms. The minimum absolute atomic E-state index is 0.0914. The van der Waals surface area contributed by atoms with Crippen molar-refractivity contribution < 1.29 is 23.0 Å². The van der Waals surface area contributed by atoms with Gasteiger partial charge in [0.2, 0.25) is 5.79 Å². The van der Waals surface area contributed by atoms with Crippen LogP contribution in [0, 0.1) is 0 Å². The zero-order valence-electron chi connectivity index (χ0n) is 7.60. The first-order chi connectivity index (χ1) is 5.96. The third kappa shape index (κ3) is 1.86. The van der Waals surface area contributed by atoms with Crippen LogP contribution in [0.25, 0.3) is 0 Å². The molecule has 0 N–H and O–H groups in total. The monoisotopic (exact) mass is 194 g/mol. The Balaban J connectivity index is 2.78. The van der Waals surface area contributed by atoms with Crippen molar-refractivity contribution >= 4 is 5.78 Å². The third-order valence-electron chi connectivity index (χ3n) is 2.32. The van der Waals surface area contributed by atoms with E-state index in [1.54, 1.807) is 0 Å². The van der Waals surface area contributed by atoms with E-state index in [2.05, 4.69) is 0 Å². The summed E-state index contributed by atoms with van der Waals surface area (Å²) >= 11 is 0. The van der Waals surface area contributed by atoms with Crippen molar-refractivity contribution in [3.05, 3.63) is 0 Å². The van der Waals surface area contributed by atoms with Crippen molar-refractivity contribution in [1.82, 2.24) is 0 Å². The fraction of sp³-hybridized carbons (Fsp3) is 0.875. The maximum atomic E-state index is 12.7. The summed E-state index contributed by atoms with van der Waals surface area (Å²) in [5.41, 5.74) is 0. The fourth-order valence-electron chi connectivity index (χ4n) is 1.46. The quantitative estimate of drug-likeness (QED) is 0.623. The number of alkyl halides is 2. The van der Waals surface area contributed by atoms with Gasteiger partial charge in [0.1, 0.15) is 0 Å². The first-order valence-corrected chi connectivity index (χ1v) is 3.97. The van der Waals surface area contributed by atoms with E-state index in [-0.39, 0.29) is 12.8 Å². The normalized spacial score (nSPS) is 26.0. The molecule has 0 atom stereocenters. The van der Waals surface area contributed by atoms with Gasteiger partial charge < -0.3 is 9.47 Å². The molecule has 0 amide bonds. The lowest BCUT2D eigenvalue weighted by Crippen LogP contribution is -2.49. The molecular formula is C8H12F2O3. The summed E-state index contributed by atoms with van der Waals surface area (Å²) in [5.74, 6) is -5.03. The third-order valence-corrected chi connectivity index (χ3v) is 2.32. The molecule has 1 aliphatic rings. The standard InChI is InChI=1S/C8H12F2O3/c1-12-8(13-2)4-3-7(9,10)5-6(8)11/h3-5H2,1-2H3. The summed E-state index contributed by atoms with van der Waals surface area (Å²) in [5, 5.41) is 0. The molecule has 1 rings (SSSR count). The van der Waals surface area contributed by atoms with Crippen molar-refractivity contribution in [2.24, 2.45) is 0 Å². The number of ketones is 1. The number of carbonyl (C=O) groups is 1. The van der Waals surface area contributed by atoms with Crippen LogP contribution in [0.2, 0.25) is 0 Å². The SMILES string of the molecule is COC1(OC)CCC(F)(F)CC1=O. The first-order valence-electron chi connectivity index (χ1n) is 3.97. The van der Waals surface area contributed by atoms with Gasteiger partial charge in [-0.3, -0.25) is 4.79 Å². The van der Waals surface area contributed by atoms with Crippen LogP contribution in [-0.4, -0.2) is 31.7 Å². The summed E-state index contributed by atoms with van der Waals surface area (Å²) in [6.07, 6.45) is -1.26. The first kappa shape index (κ1) is 10.5. The van der Waals surface area contributed by atoms with E-state index in [0.717, 1.165) is 0 Å². The Morgan fingerprint density at radius 3 is 2.15 bits per heavy atom. The zero-order chi connectivity index (χ0) is 10.1. The molecule has 0 heterocycles. The molecule has 1 fully saturated rings. The van der Waals surface area contributed by atoms with Crippen molar-refractivity contribution in [3.63, 3.8) is 0 Å². The number of carbonyl (C=O) groups excluding carboxylic acids is 1. The van der Waals surface area contributed by atoms with Crippen LogP contribution in [0.3, 0.4) is 0 Å². The predicted octanol–water partition coefficient (Wildman–Crippen LogP) is 1.36. The van der Waals surface area contributed by atoms with Crippen LogP contribution in [0.4, 0.5) is 8.78 Å². The van der Waals surface area contributed by atoms with Gasteiger partial charge in [-0.05, 0) is 0 Å². The average molecular weight is 194 g/mol. The molecule has 0 spiro atoms. The van der Waals surface area contributed by atoms with Crippen LogP contribution in [0.1, 0.15) is 19.3 Å². The Morgan fingerprint density at radius 2 is 1.77 bits per heavy atom. The fourth-order valence-corrected chi connectivity index (χ4v) is 1.46. The van der Waals surface area contributed by atoms with Gasteiger partial charge in [0.15, 0.2) is 5.78 Å². The van der Waals surface area contributed by atoms with E-state index >= 15 is 0 Å². The molecule has 0 aromatic rings. The second-order valence-electron chi connectivity index (χ2n) is 3.12. The van der Waals surface area contributed by atoms with Gasteiger partial charge in [0.25, 0.3) is 5.92 Å². The number of hydrogen-bond donors (Lipinski definition) is 0. The topological polar surface area (TPSA) is 35.5 Å². The molecule has 3 nitrogen and oxygen atoms in total. The van der Waals surface area contributed by atoms with E-state index in [1.165, 1.54) is 14.2 Å². The summed E-state index contributed by atoms with van der Waals surface area (Å²) < 4.78 is 35.1. The summed E-state index contributed by atoms with van der Waals surface area (Å²) in [6.45, 7) is 0. The van der Waals surface area contributed by atoms with Gasteiger partial charge in [-0.1, -0.05) is 0 Å². The van der Waals surface area contributed by atoms with E-state index < -0.39 is 23.9 Å². The lowest BCUT2D eigenvalue weighted by Gasteiger charge is -2.35. The molecule has 0 bridgehead atoms. The number of methoxy groups -OCH3 is 2. The molecular weight excluding hydrogens is 182 g/mol. The van der Waals surface area contributed by atoms with Crippen LogP contribution < -0.4 is 0 Å². The lowest BCUT2D eigenvalue weighted by atomic mass is 9.89. The Bertz CT molecular complexity index is 211. The van der Waals surface area contributed by atoms with Gasteiger partial charge in [-0.2, -0.15) is 0 Å². The number of halogens is 2. The summed E-state index contributed by atoms with van der Waals surface area (Å²) in [6, 6.07) is 0. The van der Waals surface area contributed by atoms with Crippen molar-refractivity contribution in [3.8, 4) is 0 Å². The van der Waals surface area contributed by atoms with Crippen molar-refractivity contribution in [2.45, 2.75) is 31.0 Å². The molecule has 0 aromatic carbocycles. The number of hydrogen-bond acceptors (Lipinski definition) is 3. The molecule has 1 saturated carbocycles.